The zero-order chi connectivity index (χ0) is 25.4. The monoisotopic (exact) mass is 506 g/mol. The van der Waals surface area contributed by atoms with Gasteiger partial charge in [-0.1, -0.05) is 36.0 Å². The predicted molar refractivity (Wildman–Crippen MR) is 128 cm³/mol. The summed E-state index contributed by atoms with van der Waals surface area (Å²) in [6, 6.07) is 14.0. The van der Waals surface area contributed by atoms with E-state index in [0.29, 0.717) is 41.3 Å². The molecule has 0 saturated heterocycles. The Kier molecular flexibility index (Phi) is 9.08. The van der Waals surface area contributed by atoms with Crippen molar-refractivity contribution in [3.05, 3.63) is 76.1 Å². The molecule has 35 heavy (non-hydrogen) atoms. The summed E-state index contributed by atoms with van der Waals surface area (Å²) in [5.74, 6) is -0.0458. The van der Waals surface area contributed by atoms with Crippen LogP contribution in [0, 0.1) is 0 Å². The third-order valence-corrected chi connectivity index (χ3v) is 5.78. The first-order valence-electron chi connectivity index (χ1n) is 11.3. The molecule has 3 rings (SSSR count). The smallest absolute Gasteiger partial charge is 0.437 e. The number of benzene rings is 2. The highest BCUT2D eigenvalue weighted by atomic mass is 32.2. The van der Waals surface area contributed by atoms with E-state index in [9.17, 15) is 18.4 Å². The molecule has 10 heteroatoms. The number of nitrogens with zero attached hydrogens (tertiary/aromatic N) is 2. The van der Waals surface area contributed by atoms with Gasteiger partial charge in [0.05, 0.1) is 13.2 Å². The number of alkyl halides is 2. The van der Waals surface area contributed by atoms with Crippen molar-refractivity contribution in [3.63, 3.8) is 0 Å². The Morgan fingerprint density at radius 2 is 1.77 bits per heavy atom. The molecule has 7 nitrogen and oxygen atoms in total. The number of carbonyl (C=O) groups is 1. The molecule has 0 N–H and O–H groups in total. The Balaban J connectivity index is 1.48. The summed E-state index contributed by atoms with van der Waals surface area (Å²) in [4.78, 5) is 24.2. The Labute approximate surface area is 206 Å². The van der Waals surface area contributed by atoms with Crippen LogP contribution in [-0.2, 0) is 28.9 Å². The van der Waals surface area contributed by atoms with Crippen molar-refractivity contribution in [3.8, 4) is 5.75 Å². The molecule has 2 aromatic carbocycles. The van der Waals surface area contributed by atoms with Crippen LogP contribution < -0.4 is 10.5 Å². The average molecular weight is 507 g/mol. The zero-order valence-corrected chi connectivity index (χ0v) is 20.6. The molecule has 0 aliphatic carbocycles. The summed E-state index contributed by atoms with van der Waals surface area (Å²) in [6.45, 7) is 4.73. The van der Waals surface area contributed by atoms with E-state index in [1.165, 1.54) is 4.68 Å². The number of ether oxygens (including phenoxy) is 2. The summed E-state index contributed by atoms with van der Waals surface area (Å²) in [5.41, 5.74) is 1.83. The van der Waals surface area contributed by atoms with Gasteiger partial charge in [0.1, 0.15) is 5.75 Å². The lowest BCUT2D eigenvalue weighted by Gasteiger charge is -2.13. The third kappa shape index (κ3) is 8.54. The molecule has 0 fully saturated rings. The molecule has 0 spiro atoms. The number of thioether (sulfide) groups is 1. The minimum absolute atomic E-state index is 0.196. The molecule has 1 aromatic heterocycles. The fourth-order valence-corrected chi connectivity index (χ4v) is 3.97. The van der Waals surface area contributed by atoms with Gasteiger partial charge in [0, 0.05) is 18.2 Å². The number of hydrogen-bond donors (Lipinski definition) is 0. The maximum absolute atomic E-state index is 13.1. The fourth-order valence-electron chi connectivity index (χ4n) is 3.28. The SMILES string of the molecule is CCOC(=O)C(C)Oc1ccc(CCCc2nn(Cc3ccc(SC(C)(F)F)cc3)c(=O)o2)cc1. The van der Waals surface area contributed by atoms with E-state index >= 15 is 0 Å². The average Bonchev–Trinajstić information content (AvgIpc) is 3.14. The number of hydrogen-bond acceptors (Lipinski definition) is 7. The molecule has 188 valence electrons. The minimum Gasteiger partial charge on any atom is -0.479 e. The highest BCUT2D eigenvalue weighted by Crippen LogP contribution is 2.35. The van der Waals surface area contributed by atoms with Crippen molar-refractivity contribution in [1.29, 1.82) is 0 Å². The molecule has 3 aromatic rings. The summed E-state index contributed by atoms with van der Waals surface area (Å²) < 4.78 is 43.2. The molecular formula is C25H28F2N2O5S. The fraction of sp³-hybridized carbons (Fsp3) is 0.400. The van der Waals surface area contributed by atoms with E-state index in [1.807, 2.05) is 12.1 Å². The van der Waals surface area contributed by atoms with E-state index in [2.05, 4.69) is 5.10 Å². The Hall–Kier alpha value is -3.14. The van der Waals surface area contributed by atoms with Crippen LogP contribution in [-0.4, -0.2) is 33.7 Å². The van der Waals surface area contributed by atoms with Gasteiger partial charge in [0.2, 0.25) is 5.89 Å². The van der Waals surface area contributed by atoms with Crippen LogP contribution in [0.15, 0.2) is 62.6 Å². The van der Waals surface area contributed by atoms with Crippen LogP contribution in [0.1, 0.15) is 44.2 Å². The number of carbonyl (C=O) groups excluding carboxylic acids is 1. The Bertz CT molecular complexity index is 1150. The normalized spacial score (nSPS) is 12.4. The molecule has 1 heterocycles. The van der Waals surface area contributed by atoms with Gasteiger partial charge in [0.15, 0.2) is 6.10 Å². The summed E-state index contributed by atoms with van der Waals surface area (Å²) in [5, 5.41) is 1.40. The maximum Gasteiger partial charge on any atom is 0.437 e. The summed E-state index contributed by atoms with van der Waals surface area (Å²) in [7, 11) is 0. The van der Waals surface area contributed by atoms with Crippen LogP contribution in [0.3, 0.4) is 0 Å². The molecule has 1 unspecified atom stereocenters. The van der Waals surface area contributed by atoms with Crippen LogP contribution in [0.4, 0.5) is 8.78 Å². The van der Waals surface area contributed by atoms with Crippen LogP contribution in [0.5, 0.6) is 5.75 Å². The van der Waals surface area contributed by atoms with Crippen molar-refractivity contribution in [2.24, 2.45) is 0 Å². The van der Waals surface area contributed by atoms with Crippen LogP contribution in [0.25, 0.3) is 0 Å². The standard InChI is InChI=1S/C25H28F2N2O5S/c1-4-32-23(30)17(2)33-20-12-8-18(9-13-20)6-5-7-22-28-29(24(31)34-22)16-19-10-14-21(15-11-19)35-25(3,26)27/h8-15,17H,4-7,16H2,1-3H3. The second-order valence-electron chi connectivity index (χ2n) is 7.98. The largest absolute Gasteiger partial charge is 0.479 e. The van der Waals surface area contributed by atoms with Gasteiger partial charge in [-0.25, -0.2) is 9.59 Å². The molecule has 0 saturated carbocycles. The van der Waals surface area contributed by atoms with Gasteiger partial charge < -0.3 is 13.9 Å². The van der Waals surface area contributed by atoms with Crippen molar-refractivity contribution >= 4 is 17.7 Å². The van der Waals surface area contributed by atoms with Gasteiger partial charge >= 0.3 is 11.7 Å². The van der Waals surface area contributed by atoms with Crippen molar-refractivity contribution in [2.75, 3.05) is 6.61 Å². The molecule has 0 bridgehead atoms. The van der Waals surface area contributed by atoms with Crippen molar-refractivity contribution in [2.45, 2.75) is 62.8 Å². The lowest BCUT2D eigenvalue weighted by Crippen LogP contribution is -2.26. The van der Waals surface area contributed by atoms with Gasteiger partial charge in [-0.05, 0) is 62.1 Å². The molecule has 0 amide bonds. The van der Waals surface area contributed by atoms with Crippen LogP contribution in [0.2, 0.25) is 0 Å². The van der Waals surface area contributed by atoms with E-state index in [0.717, 1.165) is 30.9 Å². The van der Waals surface area contributed by atoms with E-state index < -0.39 is 23.1 Å². The maximum atomic E-state index is 13.1. The predicted octanol–water partition coefficient (Wildman–Crippen LogP) is 5.10. The highest BCUT2D eigenvalue weighted by molar-refractivity contribution is 8.00. The number of rotatable bonds is 12. The molecule has 0 aliphatic rings. The quantitative estimate of drug-likeness (QED) is 0.250. The summed E-state index contributed by atoms with van der Waals surface area (Å²) in [6.07, 6.45) is 1.26. The highest BCUT2D eigenvalue weighted by Gasteiger charge is 2.22. The molecule has 0 radical (unpaired) electrons. The first-order chi connectivity index (χ1) is 16.6. The summed E-state index contributed by atoms with van der Waals surface area (Å²) >= 11 is 0.475. The number of esters is 1. The number of aromatic nitrogens is 2. The molecule has 0 aliphatic heterocycles. The van der Waals surface area contributed by atoms with E-state index in [-0.39, 0.29) is 6.54 Å². The topological polar surface area (TPSA) is 83.6 Å². The van der Waals surface area contributed by atoms with E-state index in [1.54, 1.807) is 50.2 Å². The Morgan fingerprint density at radius 1 is 1.11 bits per heavy atom. The lowest BCUT2D eigenvalue weighted by molar-refractivity contribution is -0.150. The Morgan fingerprint density at radius 3 is 2.40 bits per heavy atom. The second kappa shape index (κ2) is 12.0. The first-order valence-corrected chi connectivity index (χ1v) is 12.1. The molecular weight excluding hydrogens is 478 g/mol. The first kappa shape index (κ1) is 26.5. The second-order valence-corrected chi connectivity index (χ2v) is 9.38. The number of halogens is 2. The molecule has 1 atom stereocenters. The van der Waals surface area contributed by atoms with Crippen LogP contribution >= 0.6 is 11.8 Å². The minimum atomic E-state index is -2.85. The van der Waals surface area contributed by atoms with Crippen molar-refractivity contribution in [1.82, 2.24) is 9.78 Å². The zero-order valence-electron chi connectivity index (χ0n) is 19.8. The van der Waals surface area contributed by atoms with Gasteiger partial charge in [-0.3, -0.25) is 0 Å². The lowest BCUT2D eigenvalue weighted by atomic mass is 10.1. The van der Waals surface area contributed by atoms with Gasteiger partial charge in [-0.2, -0.15) is 13.5 Å². The van der Waals surface area contributed by atoms with Gasteiger partial charge in [-0.15, -0.1) is 5.10 Å². The van der Waals surface area contributed by atoms with Gasteiger partial charge in [0.25, 0.3) is 5.25 Å². The third-order valence-electron chi connectivity index (χ3n) is 4.91. The number of aryl methyl sites for hydroxylation is 2. The van der Waals surface area contributed by atoms with E-state index in [4.69, 9.17) is 13.9 Å². The van der Waals surface area contributed by atoms with Crippen molar-refractivity contribution < 1.29 is 27.5 Å².